The molecule has 23 heavy (non-hydrogen) atoms. The predicted octanol–water partition coefficient (Wildman–Crippen LogP) is 0.620. The molecule has 6 heteroatoms. The largest absolute Gasteiger partial charge is 0.497 e. The van der Waals surface area contributed by atoms with Gasteiger partial charge in [0.25, 0.3) is 0 Å². The van der Waals surface area contributed by atoms with Gasteiger partial charge in [-0.05, 0) is 31.7 Å². The van der Waals surface area contributed by atoms with Crippen molar-refractivity contribution in [1.82, 2.24) is 15.5 Å². The van der Waals surface area contributed by atoms with E-state index in [9.17, 15) is 4.79 Å². The van der Waals surface area contributed by atoms with Gasteiger partial charge in [0, 0.05) is 26.2 Å². The van der Waals surface area contributed by atoms with Crippen LogP contribution in [0.2, 0.25) is 0 Å². The van der Waals surface area contributed by atoms with Crippen molar-refractivity contribution in [1.29, 1.82) is 0 Å². The first-order chi connectivity index (χ1) is 11.1. The van der Waals surface area contributed by atoms with E-state index in [1.807, 2.05) is 31.2 Å². The Labute approximate surface area is 138 Å². The summed E-state index contributed by atoms with van der Waals surface area (Å²) in [5.74, 6) is 0.776. The number of carbonyl (C=O) groups is 1. The normalized spacial score (nSPS) is 20.0. The summed E-state index contributed by atoms with van der Waals surface area (Å²) in [6.07, 6.45) is 0.141. The SMILES string of the molecule is COc1cccc(CNC(=O)C(C)NCC2CN(C)CCO2)c1. The summed E-state index contributed by atoms with van der Waals surface area (Å²) in [6, 6.07) is 7.43. The zero-order valence-electron chi connectivity index (χ0n) is 14.2. The van der Waals surface area contributed by atoms with E-state index in [0.717, 1.165) is 31.0 Å². The first kappa shape index (κ1) is 17.7. The first-order valence-corrected chi connectivity index (χ1v) is 8.02. The summed E-state index contributed by atoms with van der Waals surface area (Å²) < 4.78 is 10.9. The molecule has 1 amide bonds. The van der Waals surface area contributed by atoms with Gasteiger partial charge < -0.3 is 25.0 Å². The highest BCUT2D eigenvalue weighted by atomic mass is 16.5. The van der Waals surface area contributed by atoms with Crippen molar-refractivity contribution in [2.45, 2.75) is 25.6 Å². The van der Waals surface area contributed by atoms with Crippen LogP contribution < -0.4 is 15.4 Å². The van der Waals surface area contributed by atoms with Crippen molar-refractivity contribution < 1.29 is 14.3 Å². The highest BCUT2D eigenvalue weighted by Crippen LogP contribution is 2.12. The van der Waals surface area contributed by atoms with Crippen molar-refractivity contribution >= 4 is 5.91 Å². The average Bonchev–Trinajstić information content (AvgIpc) is 2.57. The second-order valence-corrected chi connectivity index (χ2v) is 5.95. The molecule has 1 aliphatic rings. The van der Waals surface area contributed by atoms with E-state index in [0.29, 0.717) is 13.1 Å². The lowest BCUT2D eigenvalue weighted by Gasteiger charge is -2.30. The molecule has 2 N–H and O–H groups in total. The minimum Gasteiger partial charge on any atom is -0.497 e. The molecule has 1 aromatic carbocycles. The summed E-state index contributed by atoms with van der Waals surface area (Å²) in [4.78, 5) is 14.4. The van der Waals surface area contributed by atoms with Crippen LogP contribution in [0.15, 0.2) is 24.3 Å². The highest BCUT2D eigenvalue weighted by molar-refractivity contribution is 5.81. The van der Waals surface area contributed by atoms with Gasteiger partial charge in [-0.3, -0.25) is 4.79 Å². The quantitative estimate of drug-likeness (QED) is 0.771. The van der Waals surface area contributed by atoms with Gasteiger partial charge in [-0.1, -0.05) is 12.1 Å². The van der Waals surface area contributed by atoms with Crippen LogP contribution in [0.25, 0.3) is 0 Å². The molecule has 128 valence electrons. The average molecular weight is 321 g/mol. The number of morpholine rings is 1. The maximum absolute atomic E-state index is 12.2. The minimum atomic E-state index is -0.253. The van der Waals surface area contributed by atoms with E-state index in [4.69, 9.17) is 9.47 Å². The molecular formula is C17H27N3O3. The molecule has 0 spiro atoms. The Morgan fingerprint density at radius 1 is 1.52 bits per heavy atom. The fourth-order valence-electron chi connectivity index (χ4n) is 2.52. The summed E-state index contributed by atoms with van der Waals surface area (Å²) in [7, 11) is 3.72. The number of likely N-dealkylation sites (N-methyl/N-ethyl adjacent to an activating group) is 1. The smallest absolute Gasteiger partial charge is 0.237 e. The Balaban J connectivity index is 1.71. The molecule has 1 aliphatic heterocycles. The molecule has 0 radical (unpaired) electrons. The highest BCUT2D eigenvalue weighted by Gasteiger charge is 2.19. The molecule has 2 atom stereocenters. The number of carbonyl (C=O) groups excluding carboxylic acids is 1. The summed E-state index contributed by atoms with van der Waals surface area (Å²) >= 11 is 0. The molecule has 1 fully saturated rings. The van der Waals surface area contributed by atoms with Gasteiger partial charge in [-0.15, -0.1) is 0 Å². The Kier molecular flexibility index (Phi) is 6.83. The van der Waals surface area contributed by atoms with Crippen molar-refractivity contribution in [2.24, 2.45) is 0 Å². The summed E-state index contributed by atoms with van der Waals surface area (Å²) in [5, 5.41) is 6.18. The lowest BCUT2D eigenvalue weighted by atomic mass is 10.2. The van der Waals surface area contributed by atoms with Gasteiger partial charge in [0.1, 0.15) is 5.75 Å². The van der Waals surface area contributed by atoms with Gasteiger partial charge in [-0.25, -0.2) is 0 Å². The van der Waals surface area contributed by atoms with Crippen molar-refractivity contribution in [3.8, 4) is 5.75 Å². The molecular weight excluding hydrogens is 294 g/mol. The van der Waals surface area contributed by atoms with Crippen LogP contribution in [-0.2, 0) is 16.1 Å². The lowest BCUT2D eigenvalue weighted by Crippen LogP contribution is -2.49. The van der Waals surface area contributed by atoms with Crippen LogP contribution in [0.3, 0.4) is 0 Å². The first-order valence-electron chi connectivity index (χ1n) is 8.02. The van der Waals surface area contributed by atoms with E-state index in [-0.39, 0.29) is 18.1 Å². The van der Waals surface area contributed by atoms with Crippen LogP contribution in [0, 0.1) is 0 Å². The van der Waals surface area contributed by atoms with Crippen molar-refractivity contribution in [3.05, 3.63) is 29.8 Å². The topological polar surface area (TPSA) is 62.8 Å². The third-order valence-electron chi connectivity index (χ3n) is 3.99. The van der Waals surface area contributed by atoms with Gasteiger partial charge in [0.05, 0.1) is 25.9 Å². The standard InChI is InChI=1S/C17H27N3O3/c1-13(18-11-16-12-20(2)7-8-23-16)17(21)19-10-14-5-4-6-15(9-14)22-3/h4-6,9,13,16,18H,7-8,10-12H2,1-3H3,(H,19,21). The fraction of sp³-hybridized carbons (Fsp3) is 0.588. The van der Waals surface area contributed by atoms with E-state index in [1.165, 1.54) is 0 Å². The number of methoxy groups -OCH3 is 1. The Morgan fingerprint density at radius 3 is 3.09 bits per heavy atom. The van der Waals surface area contributed by atoms with Gasteiger partial charge in [-0.2, -0.15) is 0 Å². The molecule has 1 saturated heterocycles. The van der Waals surface area contributed by atoms with Gasteiger partial charge in [0.15, 0.2) is 0 Å². The van der Waals surface area contributed by atoms with Crippen LogP contribution in [-0.4, -0.2) is 63.4 Å². The molecule has 2 rings (SSSR count). The molecule has 1 heterocycles. The number of rotatable bonds is 7. The van der Waals surface area contributed by atoms with Crippen molar-refractivity contribution in [2.75, 3.05) is 40.4 Å². The van der Waals surface area contributed by atoms with Gasteiger partial charge in [0.2, 0.25) is 5.91 Å². The summed E-state index contributed by atoms with van der Waals surface area (Å²) in [6.45, 7) is 5.65. The molecule has 0 bridgehead atoms. The number of benzene rings is 1. The lowest BCUT2D eigenvalue weighted by molar-refractivity contribution is -0.123. The third-order valence-corrected chi connectivity index (χ3v) is 3.99. The maximum Gasteiger partial charge on any atom is 0.237 e. The summed E-state index contributed by atoms with van der Waals surface area (Å²) in [5.41, 5.74) is 1.02. The zero-order valence-corrected chi connectivity index (χ0v) is 14.2. The second kappa shape index (κ2) is 8.86. The molecule has 0 saturated carbocycles. The molecule has 0 aliphatic carbocycles. The number of nitrogens with zero attached hydrogens (tertiary/aromatic N) is 1. The second-order valence-electron chi connectivity index (χ2n) is 5.95. The number of ether oxygens (including phenoxy) is 2. The number of amides is 1. The zero-order chi connectivity index (χ0) is 16.7. The van der Waals surface area contributed by atoms with Gasteiger partial charge >= 0.3 is 0 Å². The molecule has 0 aromatic heterocycles. The third kappa shape index (κ3) is 5.82. The Hall–Kier alpha value is -1.63. The van der Waals surface area contributed by atoms with Crippen LogP contribution in [0.5, 0.6) is 5.75 Å². The molecule has 2 unspecified atom stereocenters. The maximum atomic E-state index is 12.2. The minimum absolute atomic E-state index is 0.0167. The van der Waals surface area contributed by atoms with E-state index in [1.54, 1.807) is 7.11 Å². The fourth-order valence-corrected chi connectivity index (χ4v) is 2.52. The number of hydrogen-bond donors (Lipinski definition) is 2. The van der Waals surface area contributed by atoms with E-state index >= 15 is 0 Å². The molecule has 1 aromatic rings. The Bertz CT molecular complexity index is 510. The monoisotopic (exact) mass is 321 g/mol. The van der Waals surface area contributed by atoms with E-state index < -0.39 is 0 Å². The van der Waals surface area contributed by atoms with Crippen molar-refractivity contribution in [3.63, 3.8) is 0 Å². The van der Waals surface area contributed by atoms with Crippen LogP contribution in [0.1, 0.15) is 12.5 Å². The molecule has 6 nitrogen and oxygen atoms in total. The number of nitrogens with one attached hydrogen (secondary N) is 2. The predicted molar refractivity (Wildman–Crippen MR) is 89.5 cm³/mol. The van der Waals surface area contributed by atoms with E-state index in [2.05, 4.69) is 22.6 Å². The van der Waals surface area contributed by atoms with Crippen LogP contribution >= 0.6 is 0 Å². The Morgan fingerprint density at radius 2 is 2.35 bits per heavy atom. The van der Waals surface area contributed by atoms with Crippen LogP contribution in [0.4, 0.5) is 0 Å². The number of hydrogen-bond acceptors (Lipinski definition) is 5.